The van der Waals surface area contributed by atoms with E-state index >= 15 is 0 Å². The molecule has 0 amide bonds. The molecule has 0 spiro atoms. The van der Waals surface area contributed by atoms with Crippen molar-refractivity contribution < 1.29 is 9.47 Å². The zero-order valence-corrected chi connectivity index (χ0v) is 19.5. The number of halogens is 2. The summed E-state index contributed by atoms with van der Waals surface area (Å²) in [5, 5.41) is 4.10. The molecule has 7 heteroatoms. The number of aliphatic imine (C=N–C) groups is 1. The van der Waals surface area contributed by atoms with E-state index in [-0.39, 0.29) is 24.0 Å². The third kappa shape index (κ3) is 9.96. The van der Waals surface area contributed by atoms with Gasteiger partial charge in [-0.15, -0.1) is 24.0 Å². The second-order valence-electron chi connectivity index (χ2n) is 6.68. The van der Waals surface area contributed by atoms with E-state index in [0.717, 1.165) is 48.8 Å². The third-order valence-electron chi connectivity index (χ3n) is 4.57. The lowest BCUT2D eigenvalue weighted by atomic mass is 9.96. The van der Waals surface area contributed by atoms with E-state index in [9.17, 15) is 0 Å². The van der Waals surface area contributed by atoms with Gasteiger partial charge in [-0.1, -0.05) is 23.7 Å². The fourth-order valence-corrected chi connectivity index (χ4v) is 3.23. The van der Waals surface area contributed by atoms with Crippen molar-refractivity contribution in [3.8, 4) is 0 Å². The number of benzene rings is 1. The molecule has 1 aromatic carbocycles. The van der Waals surface area contributed by atoms with Crippen LogP contribution in [0.4, 0.5) is 0 Å². The number of hydrogen-bond acceptors (Lipinski definition) is 3. The lowest BCUT2D eigenvalue weighted by Gasteiger charge is -2.26. The van der Waals surface area contributed by atoms with Crippen LogP contribution in [0.5, 0.6) is 0 Å². The van der Waals surface area contributed by atoms with Gasteiger partial charge in [0.15, 0.2) is 5.96 Å². The minimum Gasteiger partial charge on any atom is -0.381 e. The number of hydrogen-bond donors (Lipinski definition) is 1. The van der Waals surface area contributed by atoms with Crippen LogP contribution in [0, 0.1) is 5.92 Å². The molecular formula is C20H33ClIN3O2. The number of nitrogens with one attached hydrogen (secondary N) is 1. The van der Waals surface area contributed by atoms with Crippen LogP contribution in [0.2, 0.25) is 5.02 Å². The Balaban J connectivity index is 0.00000364. The summed E-state index contributed by atoms with van der Waals surface area (Å²) in [4.78, 5) is 6.90. The zero-order chi connectivity index (χ0) is 18.6. The van der Waals surface area contributed by atoms with E-state index < -0.39 is 0 Å². The van der Waals surface area contributed by atoms with E-state index in [1.807, 2.05) is 24.3 Å². The number of ether oxygens (including phenoxy) is 2. The van der Waals surface area contributed by atoms with Crippen molar-refractivity contribution >= 4 is 41.5 Å². The van der Waals surface area contributed by atoms with Gasteiger partial charge in [0.25, 0.3) is 0 Å². The van der Waals surface area contributed by atoms with E-state index in [2.05, 4.69) is 29.2 Å². The minimum absolute atomic E-state index is 0. The maximum Gasteiger partial charge on any atom is 0.193 e. The zero-order valence-electron chi connectivity index (χ0n) is 16.5. The van der Waals surface area contributed by atoms with Crippen LogP contribution >= 0.6 is 35.6 Å². The molecule has 1 aliphatic rings. The first kappa shape index (κ1) is 24.5. The van der Waals surface area contributed by atoms with Gasteiger partial charge in [-0.05, 0) is 49.8 Å². The van der Waals surface area contributed by atoms with Gasteiger partial charge < -0.3 is 19.7 Å². The van der Waals surface area contributed by atoms with Gasteiger partial charge in [-0.2, -0.15) is 0 Å². The maximum absolute atomic E-state index is 5.98. The van der Waals surface area contributed by atoms with E-state index in [1.165, 1.54) is 19.3 Å². The Morgan fingerprint density at radius 1 is 1.37 bits per heavy atom. The molecule has 1 aliphatic heterocycles. The molecule has 0 radical (unpaired) electrons. The Kier molecular flexibility index (Phi) is 13.1. The average molecular weight is 510 g/mol. The van der Waals surface area contributed by atoms with E-state index in [0.29, 0.717) is 19.8 Å². The van der Waals surface area contributed by atoms with E-state index in [4.69, 9.17) is 21.1 Å². The first-order chi connectivity index (χ1) is 12.7. The predicted molar refractivity (Wildman–Crippen MR) is 123 cm³/mol. The van der Waals surface area contributed by atoms with Crippen molar-refractivity contribution in [1.82, 2.24) is 10.2 Å². The van der Waals surface area contributed by atoms with Gasteiger partial charge in [0.2, 0.25) is 0 Å². The SMILES string of the molecule is CCNC(=NCCOCc1cccc(Cl)c1)N(C)CCC1CCOCC1.I. The van der Waals surface area contributed by atoms with Crippen molar-refractivity contribution in [2.45, 2.75) is 32.8 Å². The van der Waals surface area contributed by atoms with Crippen LogP contribution in [0.1, 0.15) is 31.7 Å². The summed E-state index contributed by atoms with van der Waals surface area (Å²) >= 11 is 5.98. The lowest BCUT2D eigenvalue weighted by molar-refractivity contribution is 0.0625. The van der Waals surface area contributed by atoms with Crippen LogP contribution in [-0.2, 0) is 16.1 Å². The molecule has 27 heavy (non-hydrogen) atoms. The van der Waals surface area contributed by atoms with Crippen molar-refractivity contribution in [3.63, 3.8) is 0 Å². The minimum atomic E-state index is 0. The molecule has 1 aromatic rings. The predicted octanol–water partition coefficient (Wildman–Crippen LogP) is 4.19. The van der Waals surface area contributed by atoms with Gasteiger partial charge in [0.05, 0.1) is 19.8 Å². The molecule has 1 saturated heterocycles. The molecule has 2 rings (SSSR count). The second-order valence-corrected chi connectivity index (χ2v) is 7.12. The lowest BCUT2D eigenvalue weighted by Crippen LogP contribution is -2.40. The Hall–Kier alpha value is -0.570. The van der Waals surface area contributed by atoms with Gasteiger partial charge in [-0.25, -0.2) is 0 Å². The topological polar surface area (TPSA) is 46.1 Å². The molecule has 1 fully saturated rings. The molecule has 1 heterocycles. The van der Waals surface area contributed by atoms with Crippen molar-refractivity contribution in [1.29, 1.82) is 0 Å². The highest BCUT2D eigenvalue weighted by atomic mass is 127. The molecule has 0 aromatic heterocycles. The average Bonchev–Trinajstić information content (AvgIpc) is 2.66. The quantitative estimate of drug-likeness (QED) is 0.235. The normalized spacial score (nSPS) is 15.3. The first-order valence-corrected chi connectivity index (χ1v) is 9.96. The van der Waals surface area contributed by atoms with Crippen LogP contribution < -0.4 is 5.32 Å². The highest BCUT2D eigenvalue weighted by molar-refractivity contribution is 14.0. The molecule has 154 valence electrons. The fourth-order valence-electron chi connectivity index (χ4n) is 3.02. The highest BCUT2D eigenvalue weighted by Gasteiger charge is 2.15. The summed E-state index contributed by atoms with van der Waals surface area (Å²) in [6, 6.07) is 7.76. The molecule has 0 atom stereocenters. The van der Waals surface area contributed by atoms with Gasteiger partial charge >= 0.3 is 0 Å². The maximum atomic E-state index is 5.98. The summed E-state index contributed by atoms with van der Waals surface area (Å²) in [6.45, 7) is 7.59. The fraction of sp³-hybridized carbons (Fsp3) is 0.650. The third-order valence-corrected chi connectivity index (χ3v) is 4.80. The molecule has 5 nitrogen and oxygen atoms in total. The monoisotopic (exact) mass is 509 g/mol. The number of guanidine groups is 1. The summed E-state index contributed by atoms with van der Waals surface area (Å²) in [5.41, 5.74) is 1.09. The van der Waals surface area contributed by atoms with Crippen molar-refractivity contribution in [2.24, 2.45) is 10.9 Å². The van der Waals surface area contributed by atoms with Gasteiger partial charge in [0, 0.05) is 38.4 Å². The molecule has 0 saturated carbocycles. The van der Waals surface area contributed by atoms with Crippen LogP contribution in [0.15, 0.2) is 29.3 Å². The summed E-state index contributed by atoms with van der Waals surface area (Å²) in [5.74, 6) is 1.72. The Morgan fingerprint density at radius 2 is 2.15 bits per heavy atom. The standard InChI is InChI=1S/C20H32ClN3O2.HI/c1-3-22-20(24(2)11-7-17-8-12-25-13-9-17)23-10-14-26-16-18-5-4-6-19(21)15-18;/h4-6,15,17H,3,7-14,16H2,1-2H3,(H,22,23);1H. The highest BCUT2D eigenvalue weighted by Crippen LogP contribution is 2.18. The van der Waals surface area contributed by atoms with Gasteiger partial charge in [-0.3, -0.25) is 4.99 Å². The summed E-state index contributed by atoms with van der Waals surface area (Å²) in [7, 11) is 2.10. The molecule has 0 bridgehead atoms. The Labute approximate surface area is 185 Å². The Morgan fingerprint density at radius 3 is 2.85 bits per heavy atom. The van der Waals surface area contributed by atoms with Crippen LogP contribution in [0.25, 0.3) is 0 Å². The van der Waals surface area contributed by atoms with Gasteiger partial charge in [0.1, 0.15) is 0 Å². The van der Waals surface area contributed by atoms with Crippen LogP contribution in [-0.4, -0.2) is 57.4 Å². The number of nitrogens with zero attached hydrogens (tertiary/aromatic N) is 2. The van der Waals surface area contributed by atoms with E-state index in [1.54, 1.807) is 0 Å². The van der Waals surface area contributed by atoms with Crippen LogP contribution in [0.3, 0.4) is 0 Å². The molecular weight excluding hydrogens is 477 g/mol. The molecule has 1 N–H and O–H groups in total. The second kappa shape index (κ2) is 14.4. The summed E-state index contributed by atoms with van der Waals surface area (Å²) < 4.78 is 11.1. The number of rotatable bonds is 9. The molecule has 0 unspecified atom stereocenters. The summed E-state index contributed by atoms with van der Waals surface area (Å²) in [6.07, 6.45) is 3.55. The molecule has 0 aliphatic carbocycles. The van der Waals surface area contributed by atoms with Crippen molar-refractivity contribution in [3.05, 3.63) is 34.9 Å². The smallest absolute Gasteiger partial charge is 0.193 e. The Bertz CT molecular complexity index is 554. The van der Waals surface area contributed by atoms with Crippen molar-refractivity contribution in [2.75, 3.05) is 46.5 Å². The first-order valence-electron chi connectivity index (χ1n) is 9.58. The largest absolute Gasteiger partial charge is 0.381 e.